The summed E-state index contributed by atoms with van der Waals surface area (Å²) >= 11 is 0. The molecule has 2 aromatic carbocycles. The van der Waals surface area contributed by atoms with Crippen molar-refractivity contribution in [1.82, 2.24) is 15.4 Å². The quantitative estimate of drug-likeness (QED) is 0.591. The van der Waals surface area contributed by atoms with Gasteiger partial charge in [0.25, 0.3) is 5.91 Å². The molecule has 1 N–H and O–H groups in total. The third-order valence-corrected chi connectivity index (χ3v) is 6.18. The minimum absolute atomic E-state index is 0.0651. The smallest absolute Gasteiger partial charge is 0.273 e. The van der Waals surface area contributed by atoms with Gasteiger partial charge in [0.2, 0.25) is 0 Å². The molecule has 1 aliphatic heterocycles. The third-order valence-electron chi connectivity index (χ3n) is 6.18. The maximum Gasteiger partial charge on any atom is 0.273 e. The predicted octanol–water partition coefficient (Wildman–Crippen LogP) is 4.75. The number of aromatic nitrogens is 1. The van der Waals surface area contributed by atoms with Gasteiger partial charge in [-0.3, -0.25) is 9.69 Å². The second-order valence-corrected chi connectivity index (χ2v) is 9.69. The van der Waals surface area contributed by atoms with Gasteiger partial charge in [0, 0.05) is 31.3 Å². The lowest BCUT2D eigenvalue weighted by Crippen LogP contribution is -2.43. The third kappa shape index (κ3) is 5.70. The highest BCUT2D eigenvalue weighted by molar-refractivity contribution is 5.93. The first kappa shape index (κ1) is 23.2. The summed E-state index contributed by atoms with van der Waals surface area (Å²) < 4.78 is 11.0. The van der Waals surface area contributed by atoms with Gasteiger partial charge in [-0.15, -0.1) is 0 Å². The summed E-state index contributed by atoms with van der Waals surface area (Å²) in [4.78, 5) is 15.2. The second-order valence-electron chi connectivity index (χ2n) is 9.69. The second kappa shape index (κ2) is 9.89. The number of rotatable bonds is 6. The lowest BCUT2D eigenvalue weighted by Gasteiger charge is -2.35. The summed E-state index contributed by atoms with van der Waals surface area (Å²) in [6.45, 7) is 12.2. The van der Waals surface area contributed by atoms with Crippen LogP contribution in [0.25, 0.3) is 11.3 Å². The van der Waals surface area contributed by atoms with Gasteiger partial charge in [-0.2, -0.15) is 0 Å². The van der Waals surface area contributed by atoms with Crippen molar-refractivity contribution in [2.24, 2.45) is 0 Å². The molecule has 6 nitrogen and oxygen atoms in total. The molecule has 2 heterocycles. The number of nitrogens with zero attached hydrogens (tertiary/aromatic N) is 2. The van der Waals surface area contributed by atoms with E-state index in [1.165, 1.54) is 16.7 Å². The fourth-order valence-electron chi connectivity index (χ4n) is 4.07. The highest BCUT2D eigenvalue weighted by Gasteiger charge is 2.25. The first-order valence-electron chi connectivity index (χ1n) is 11.6. The van der Waals surface area contributed by atoms with E-state index >= 15 is 0 Å². The monoisotopic (exact) mass is 447 g/mol. The van der Waals surface area contributed by atoms with E-state index in [0.29, 0.717) is 25.5 Å². The predicted molar refractivity (Wildman–Crippen MR) is 129 cm³/mol. The summed E-state index contributed by atoms with van der Waals surface area (Å²) in [5.74, 6) is 0.351. The normalized spacial score (nSPS) is 15.9. The van der Waals surface area contributed by atoms with Crippen LogP contribution in [0.4, 0.5) is 0 Å². The molecule has 0 bridgehead atoms. The molecule has 174 valence electrons. The van der Waals surface area contributed by atoms with E-state index in [4.69, 9.17) is 9.26 Å². The number of nitrogens with one attached hydrogen (secondary N) is 1. The molecule has 1 aliphatic rings. The van der Waals surface area contributed by atoms with Crippen LogP contribution in [-0.4, -0.2) is 48.8 Å². The molecule has 1 aromatic heterocycles. The summed E-state index contributed by atoms with van der Waals surface area (Å²) in [7, 11) is 0. The zero-order valence-corrected chi connectivity index (χ0v) is 19.9. The number of carbonyl (C=O) groups excluding carboxylic acids is 1. The fraction of sp³-hybridized carbons (Fsp3) is 0.407. The molecule has 0 radical (unpaired) electrons. The van der Waals surface area contributed by atoms with Gasteiger partial charge in [0.05, 0.1) is 19.3 Å². The Hall–Kier alpha value is -2.96. The highest BCUT2D eigenvalue weighted by Crippen LogP contribution is 2.27. The number of aryl methyl sites for hydroxylation is 1. The first-order chi connectivity index (χ1) is 15.8. The van der Waals surface area contributed by atoms with Crippen LogP contribution in [0.3, 0.4) is 0 Å². The number of carbonyl (C=O) groups is 1. The molecule has 1 amide bonds. The van der Waals surface area contributed by atoms with Crippen LogP contribution < -0.4 is 5.32 Å². The molecule has 1 atom stereocenters. The van der Waals surface area contributed by atoms with E-state index in [1.54, 1.807) is 6.07 Å². The van der Waals surface area contributed by atoms with E-state index < -0.39 is 0 Å². The van der Waals surface area contributed by atoms with Gasteiger partial charge in [0.15, 0.2) is 11.5 Å². The Morgan fingerprint density at radius 3 is 2.36 bits per heavy atom. The summed E-state index contributed by atoms with van der Waals surface area (Å²) in [5.41, 5.74) is 4.93. The van der Waals surface area contributed by atoms with Crippen molar-refractivity contribution in [1.29, 1.82) is 0 Å². The fourth-order valence-corrected chi connectivity index (χ4v) is 4.07. The van der Waals surface area contributed by atoms with Gasteiger partial charge >= 0.3 is 0 Å². The topological polar surface area (TPSA) is 67.6 Å². The average Bonchev–Trinajstić information content (AvgIpc) is 3.30. The SMILES string of the molecule is Cc1ccc(-c2cc(C(=O)NC[C@@H](c3ccc(C(C)(C)C)cc3)N3CCOCC3)no2)cc1. The molecule has 0 saturated carbocycles. The Balaban J connectivity index is 1.47. The Labute approximate surface area is 195 Å². The standard InChI is InChI=1S/C27H33N3O3/c1-19-5-7-21(8-6-19)25-17-23(29-33-25)26(31)28-18-24(30-13-15-32-16-14-30)20-9-11-22(12-10-20)27(2,3)4/h5-12,17,24H,13-16,18H2,1-4H3,(H,28,31)/t24-/m0/s1. The van der Waals surface area contributed by atoms with Gasteiger partial charge < -0.3 is 14.6 Å². The lowest BCUT2D eigenvalue weighted by atomic mass is 9.86. The Kier molecular flexibility index (Phi) is 6.96. The van der Waals surface area contributed by atoms with E-state index in [9.17, 15) is 4.79 Å². The summed E-state index contributed by atoms with van der Waals surface area (Å²) in [6.07, 6.45) is 0. The van der Waals surface area contributed by atoms with Gasteiger partial charge in [-0.1, -0.05) is 80.0 Å². The lowest BCUT2D eigenvalue weighted by molar-refractivity contribution is 0.0162. The van der Waals surface area contributed by atoms with Crippen LogP contribution in [-0.2, 0) is 10.2 Å². The molecule has 1 saturated heterocycles. The summed E-state index contributed by atoms with van der Waals surface area (Å²) in [6, 6.07) is 18.5. The number of morpholine rings is 1. The largest absolute Gasteiger partial charge is 0.379 e. The zero-order valence-electron chi connectivity index (χ0n) is 19.9. The van der Waals surface area contributed by atoms with Crippen LogP contribution in [0.5, 0.6) is 0 Å². The van der Waals surface area contributed by atoms with E-state index in [2.05, 4.69) is 60.4 Å². The minimum atomic E-state index is -0.235. The maximum absolute atomic E-state index is 12.9. The van der Waals surface area contributed by atoms with E-state index in [1.807, 2.05) is 31.2 Å². The summed E-state index contributed by atoms with van der Waals surface area (Å²) in [5, 5.41) is 7.07. The van der Waals surface area contributed by atoms with E-state index in [-0.39, 0.29) is 23.1 Å². The van der Waals surface area contributed by atoms with Crippen LogP contribution in [0.2, 0.25) is 0 Å². The van der Waals surface area contributed by atoms with Crippen LogP contribution in [0.15, 0.2) is 59.1 Å². The van der Waals surface area contributed by atoms with Crippen molar-refractivity contribution < 1.29 is 14.1 Å². The van der Waals surface area contributed by atoms with Gasteiger partial charge in [-0.25, -0.2) is 0 Å². The molecule has 4 rings (SSSR count). The van der Waals surface area contributed by atoms with Crippen molar-refractivity contribution in [2.75, 3.05) is 32.8 Å². The molecular formula is C27H33N3O3. The molecule has 0 unspecified atom stereocenters. The molecule has 6 heteroatoms. The van der Waals surface area contributed by atoms with Gasteiger partial charge in [-0.05, 0) is 23.5 Å². The van der Waals surface area contributed by atoms with Crippen LogP contribution in [0, 0.1) is 6.92 Å². The average molecular weight is 448 g/mol. The Bertz CT molecular complexity index is 1060. The van der Waals surface area contributed by atoms with Crippen molar-refractivity contribution >= 4 is 5.91 Å². The molecule has 3 aromatic rings. The first-order valence-corrected chi connectivity index (χ1v) is 11.6. The molecule has 0 spiro atoms. The van der Waals surface area contributed by atoms with Crippen molar-refractivity contribution in [3.63, 3.8) is 0 Å². The van der Waals surface area contributed by atoms with Crippen LogP contribution >= 0.6 is 0 Å². The van der Waals surface area contributed by atoms with Crippen LogP contribution in [0.1, 0.15) is 54.0 Å². The molecular weight excluding hydrogens is 414 g/mol. The number of hydrogen-bond acceptors (Lipinski definition) is 5. The van der Waals surface area contributed by atoms with E-state index in [0.717, 1.165) is 18.7 Å². The number of benzene rings is 2. The van der Waals surface area contributed by atoms with Crippen molar-refractivity contribution in [3.05, 3.63) is 77.0 Å². The molecule has 0 aliphatic carbocycles. The molecule has 1 fully saturated rings. The zero-order chi connectivity index (χ0) is 23.4. The van der Waals surface area contributed by atoms with Gasteiger partial charge in [0.1, 0.15) is 0 Å². The Morgan fingerprint density at radius 2 is 1.73 bits per heavy atom. The van der Waals surface area contributed by atoms with Crippen molar-refractivity contribution in [3.8, 4) is 11.3 Å². The number of ether oxygens (including phenoxy) is 1. The number of hydrogen-bond donors (Lipinski definition) is 1. The maximum atomic E-state index is 12.9. The number of amides is 1. The van der Waals surface area contributed by atoms with Crippen molar-refractivity contribution in [2.45, 2.75) is 39.2 Å². The molecule has 33 heavy (non-hydrogen) atoms. The minimum Gasteiger partial charge on any atom is -0.379 e. The Morgan fingerprint density at radius 1 is 1.06 bits per heavy atom. The highest BCUT2D eigenvalue weighted by atomic mass is 16.5.